The molecule has 1 unspecified atom stereocenters. The maximum atomic E-state index is 11.8. The van der Waals surface area contributed by atoms with Crippen LogP contribution >= 0.6 is 0 Å². The minimum atomic E-state index is -2.13. The van der Waals surface area contributed by atoms with Crippen LogP contribution in [-0.2, 0) is 9.53 Å². The van der Waals surface area contributed by atoms with Crippen LogP contribution in [0.15, 0.2) is 66.7 Å². The minimum Gasteiger partial charge on any atom is -0.464 e. The Labute approximate surface area is 130 Å². The SMILES string of the molecule is CCOC(=O)C(C)(O)C(=O)c1ccccc1.c1ccccc1. The molecular formula is C18H20O4. The van der Waals surface area contributed by atoms with E-state index in [1.807, 2.05) is 36.4 Å². The van der Waals surface area contributed by atoms with Gasteiger partial charge in [-0.2, -0.15) is 0 Å². The van der Waals surface area contributed by atoms with E-state index in [2.05, 4.69) is 4.74 Å². The minimum absolute atomic E-state index is 0.122. The van der Waals surface area contributed by atoms with Crippen LogP contribution in [0, 0.1) is 0 Å². The topological polar surface area (TPSA) is 63.6 Å². The summed E-state index contributed by atoms with van der Waals surface area (Å²) in [4.78, 5) is 23.2. The van der Waals surface area contributed by atoms with Gasteiger partial charge in [0, 0.05) is 5.56 Å². The van der Waals surface area contributed by atoms with Crippen molar-refractivity contribution in [3.05, 3.63) is 72.3 Å². The van der Waals surface area contributed by atoms with Gasteiger partial charge in [-0.05, 0) is 13.8 Å². The second kappa shape index (κ2) is 8.74. The zero-order chi connectivity index (χ0) is 16.4. The van der Waals surface area contributed by atoms with Crippen LogP contribution in [0.3, 0.4) is 0 Å². The van der Waals surface area contributed by atoms with Gasteiger partial charge in [0.25, 0.3) is 0 Å². The normalized spacial score (nSPS) is 12.3. The average molecular weight is 300 g/mol. The van der Waals surface area contributed by atoms with Gasteiger partial charge in [-0.3, -0.25) is 4.79 Å². The van der Waals surface area contributed by atoms with Crippen LogP contribution in [0.25, 0.3) is 0 Å². The Bertz CT molecular complexity index is 550. The molecule has 0 aliphatic carbocycles. The third-order valence-corrected chi connectivity index (χ3v) is 2.82. The van der Waals surface area contributed by atoms with Gasteiger partial charge in [0.05, 0.1) is 6.61 Å². The Hall–Kier alpha value is -2.46. The number of hydrogen-bond donors (Lipinski definition) is 1. The summed E-state index contributed by atoms with van der Waals surface area (Å²) in [6.07, 6.45) is 0. The number of aliphatic hydroxyl groups is 1. The van der Waals surface area contributed by atoms with Crippen LogP contribution in [0.1, 0.15) is 24.2 Å². The molecule has 0 aliphatic heterocycles. The summed E-state index contributed by atoms with van der Waals surface area (Å²) in [6, 6.07) is 20.1. The molecule has 1 atom stereocenters. The molecule has 22 heavy (non-hydrogen) atoms. The van der Waals surface area contributed by atoms with Crippen LogP contribution in [0.4, 0.5) is 0 Å². The first-order valence-electron chi connectivity index (χ1n) is 6.99. The predicted molar refractivity (Wildman–Crippen MR) is 84.5 cm³/mol. The Kier molecular flexibility index (Phi) is 6.99. The molecule has 0 saturated carbocycles. The zero-order valence-electron chi connectivity index (χ0n) is 12.7. The largest absolute Gasteiger partial charge is 0.464 e. The van der Waals surface area contributed by atoms with Crippen molar-refractivity contribution in [2.24, 2.45) is 0 Å². The molecule has 2 rings (SSSR count). The number of hydrogen-bond acceptors (Lipinski definition) is 4. The summed E-state index contributed by atoms with van der Waals surface area (Å²) in [5.74, 6) is -1.59. The summed E-state index contributed by atoms with van der Waals surface area (Å²) >= 11 is 0. The quantitative estimate of drug-likeness (QED) is 0.536. The second-order valence-electron chi connectivity index (χ2n) is 4.64. The molecule has 0 radical (unpaired) electrons. The molecule has 2 aromatic carbocycles. The molecule has 0 spiro atoms. The number of carbonyl (C=O) groups excluding carboxylic acids is 2. The third kappa shape index (κ3) is 5.14. The second-order valence-corrected chi connectivity index (χ2v) is 4.64. The number of ketones is 1. The molecule has 4 heteroatoms. The number of Topliss-reactive ketones (excluding diaryl/α,β-unsaturated/α-hetero) is 1. The lowest BCUT2D eigenvalue weighted by Crippen LogP contribution is -2.44. The Morgan fingerprint density at radius 1 is 0.955 bits per heavy atom. The summed E-state index contributed by atoms with van der Waals surface area (Å²) in [5.41, 5.74) is -1.85. The summed E-state index contributed by atoms with van der Waals surface area (Å²) < 4.78 is 4.64. The highest BCUT2D eigenvalue weighted by Gasteiger charge is 2.40. The summed E-state index contributed by atoms with van der Waals surface area (Å²) in [7, 11) is 0. The lowest BCUT2D eigenvalue weighted by Gasteiger charge is -2.19. The zero-order valence-corrected chi connectivity index (χ0v) is 12.7. The summed E-state index contributed by atoms with van der Waals surface area (Å²) in [5, 5.41) is 9.81. The Balaban J connectivity index is 0.000000335. The Morgan fingerprint density at radius 3 is 1.77 bits per heavy atom. The third-order valence-electron chi connectivity index (χ3n) is 2.82. The fourth-order valence-corrected chi connectivity index (χ4v) is 1.62. The first kappa shape index (κ1) is 17.6. The number of esters is 1. The molecule has 0 aliphatic rings. The smallest absolute Gasteiger partial charge is 0.346 e. The number of rotatable bonds is 4. The number of carbonyl (C=O) groups is 2. The van der Waals surface area contributed by atoms with E-state index in [0.717, 1.165) is 6.92 Å². The highest BCUT2D eigenvalue weighted by Crippen LogP contribution is 2.15. The van der Waals surface area contributed by atoms with E-state index in [1.165, 1.54) is 12.1 Å². The van der Waals surface area contributed by atoms with E-state index in [9.17, 15) is 14.7 Å². The van der Waals surface area contributed by atoms with E-state index in [0.29, 0.717) is 0 Å². The van der Waals surface area contributed by atoms with Gasteiger partial charge in [-0.15, -0.1) is 0 Å². The first-order chi connectivity index (χ1) is 10.5. The van der Waals surface area contributed by atoms with Crippen LogP contribution in [-0.4, -0.2) is 29.1 Å². The first-order valence-corrected chi connectivity index (χ1v) is 6.99. The predicted octanol–water partition coefficient (Wildman–Crippen LogP) is 2.87. The van der Waals surface area contributed by atoms with Gasteiger partial charge in [0.1, 0.15) is 0 Å². The van der Waals surface area contributed by atoms with E-state index in [1.54, 1.807) is 25.1 Å². The van der Waals surface area contributed by atoms with E-state index >= 15 is 0 Å². The van der Waals surface area contributed by atoms with Crippen LogP contribution in [0.2, 0.25) is 0 Å². The molecule has 0 bridgehead atoms. The number of benzene rings is 2. The standard InChI is InChI=1S/C12H14O4.C6H6/c1-3-16-11(14)12(2,15)10(13)9-7-5-4-6-8-9;1-2-4-6-5-3-1/h4-8,15H,3H2,1-2H3;1-6H. The highest BCUT2D eigenvalue weighted by molar-refractivity contribution is 6.14. The van der Waals surface area contributed by atoms with Crippen molar-refractivity contribution in [1.29, 1.82) is 0 Å². The molecule has 4 nitrogen and oxygen atoms in total. The maximum absolute atomic E-state index is 11.8. The van der Waals surface area contributed by atoms with Crippen molar-refractivity contribution in [2.75, 3.05) is 6.61 Å². The van der Waals surface area contributed by atoms with Gasteiger partial charge in [0.15, 0.2) is 0 Å². The van der Waals surface area contributed by atoms with E-state index in [4.69, 9.17) is 0 Å². The van der Waals surface area contributed by atoms with Crippen molar-refractivity contribution in [2.45, 2.75) is 19.4 Å². The average Bonchev–Trinajstić information content (AvgIpc) is 2.57. The number of ether oxygens (including phenoxy) is 1. The molecular weight excluding hydrogens is 280 g/mol. The molecule has 1 N–H and O–H groups in total. The van der Waals surface area contributed by atoms with Crippen LogP contribution in [0.5, 0.6) is 0 Å². The van der Waals surface area contributed by atoms with E-state index in [-0.39, 0.29) is 12.2 Å². The van der Waals surface area contributed by atoms with Crippen molar-refractivity contribution in [3.63, 3.8) is 0 Å². The molecule has 0 saturated heterocycles. The monoisotopic (exact) mass is 300 g/mol. The summed E-state index contributed by atoms with van der Waals surface area (Å²) in [6.45, 7) is 2.87. The lowest BCUT2D eigenvalue weighted by molar-refractivity contribution is -0.158. The van der Waals surface area contributed by atoms with Crippen molar-refractivity contribution < 1.29 is 19.4 Å². The molecule has 0 heterocycles. The lowest BCUT2D eigenvalue weighted by atomic mass is 9.95. The van der Waals surface area contributed by atoms with Gasteiger partial charge >= 0.3 is 5.97 Å². The molecule has 2 aromatic rings. The van der Waals surface area contributed by atoms with Gasteiger partial charge in [0.2, 0.25) is 11.4 Å². The van der Waals surface area contributed by atoms with Gasteiger partial charge < -0.3 is 9.84 Å². The van der Waals surface area contributed by atoms with Gasteiger partial charge in [-0.1, -0.05) is 66.7 Å². The van der Waals surface area contributed by atoms with Crippen molar-refractivity contribution in [3.8, 4) is 0 Å². The van der Waals surface area contributed by atoms with Crippen molar-refractivity contribution in [1.82, 2.24) is 0 Å². The molecule has 0 aromatic heterocycles. The fraction of sp³-hybridized carbons (Fsp3) is 0.222. The Morgan fingerprint density at radius 2 is 1.36 bits per heavy atom. The van der Waals surface area contributed by atoms with Gasteiger partial charge in [-0.25, -0.2) is 4.79 Å². The van der Waals surface area contributed by atoms with Crippen molar-refractivity contribution >= 4 is 11.8 Å². The van der Waals surface area contributed by atoms with Crippen LogP contribution < -0.4 is 0 Å². The molecule has 0 amide bonds. The molecule has 116 valence electrons. The molecule has 0 fully saturated rings. The fourth-order valence-electron chi connectivity index (χ4n) is 1.62. The highest BCUT2D eigenvalue weighted by atomic mass is 16.5. The maximum Gasteiger partial charge on any atom is 0.346 e. The van der Waals surface area contributed by atoms with E-state index < -0.39 is 17.4 Å².